The Kier molecular flexibility index (Phi) is 4.21. The van der Waals surface area contributed by atoms with E-state index >= 15 is 0 Å². The molecule has 4 rings (SSSR count). The van der Waals surface area contributed by atoms with Gasteiger partial charge in [-0.1, -0.05) is 30.3 Å². The first-order chi connectivity index (χ1) is 12.7. The Balaban J connectivity index is 1.69. The highest BCUT2D eigenvalue weighted by Gasteiger charge is 2.28. The number of benzene rings is 2. The Labute approximate surface area is 151 Å². The SMILES string of the molecule is COc1cccc(Cn2cc(C(=O)C(=O)NC3CC3)c3ccccc32)c1. The van der Waals surface area contributed by atoms with Crippen LogP contribution in [0.5, 0.6) is 5.75 Å². The average molecular weight is 348 g/mol. The van der Waals surface area contributed by atoms with E-state index in [0.29, 0.717) is 12.1 Å². The number of carbonyl (C=O) groups is 2. The number of rotatable bonds is 6. The highest BCUT2D eigenvalue weighted by atomic mass is 16.5. The van der Waals surface area contributed by atoms with Crippen molar-refractivity contribution in [3.8, 4) is 5.75 Å². The fraction of sp³-hybridized carbons (Fsp3) is 0.238. The van der Waals surface area contributed by atoms with Crippen LogP contribution in [0.15, 0.2) is 54.7 Å². The number of ketones is 1. The molecule has 1 N–H and O–H groups in total. The number of nitrogens with one attached hydrogen (secondary N) is 1. The number of para-hydroxylation sites is 1. The number of methoxy groups -OCH3 is 1. The Hall–Kier alpha value is -3.08. The van der Waals surface area contributed by atoms with Crippen molar-refractivity contribution in [2.45, 2.75) is 25.4 Å². The summed E-state index contributed by atoms with van der Waals surface area (Å²) >= 11 is 0. The number of ether oxygens (including phenoxy) is 1. The zero-order chi connectivity index (χ0) is 18.1. The maximum absolute atomic E-state index is 12.6. The zero-order valence-electron chi connectivity index (χ0n) is 14.6. The third-order valence-corrected chi connectivity index (χ3v) is 4.64. The topological polar surface area (TPSA) is 60.3 Å². The van der Waals surface area contributed by atoms with E-state index in [-0.39, 0.29) is 6.04 Å². The van der Waals surface area contributed by atoms with E-state index in [2.05, 4.69) is 5.32 Å². The molecule has 5 nitrogen and oxygen atoms in total. The molecule has 5 heteroatoms. The third kappa shape index (κ3) is 3.20. The summed E-state index contributed by atoms with van der Waals surface area (Å²) in [5.41, 5.74) is 2.44. The second-order valence-electron chi connectivity index (χ2n) is 6.62. The normalized spacial score (nSPS) is 13.6. The molecular formula is C21H20N2O3. The highest BCUT2D eigenvalue weighted by molar-refractivity contribution is 6.45. The summed E-state index contributed by atoms with van der Waals surface area (Å²) in [6.07, 6.45) is 3.69. The molecule has 0 saturated heterocycles. The Morgan fingerprint density at radius 2 is 1.96 bits per heavy atom. The Bertz CT molecular complexity index is 986. The molecule has 1 aliphatic carbocycles. The summed E-state index contributed by atoms with van der Waals surface area (Å²) < 4.78 is 7.28. The number of hydrogen-bond donors (Lipinski definition) is 1. The lowest BCUT2D eigenvalue weighted by Gasteiger charge is -2.07. The lowest BCUT2D eigenvalue weighted by Crippen LogP contribution is -2.32. The lowest BCUT2D eigenvalue weighted by molar-refractivity contribution is -0.117. The first kappa shape index (κ1) is 16.4. The van der Waals surface area contributed by atoms with Crippen molar-refractivity contribution in [2.75, 3.05) is 7.11 Å². The summed E-state index contributed by atoms with van der Waals surface area (Å²) in [5, 5.41) is 3.57. The molecule has 1 aliphatic rings. The Morgan fingerprint density at radius 1 is 1.15 bits per heavy atom. The van der Waals surface area contributed by atoms with Crippen molar-refractivity contribution in [2.24, 2.45) is 0 Å². The number of Topliss-reactive ketones (excluding diaryl/α,β-unsaturated/α-hetero) is 1. The number of aromatic nitrogens is 1. The van der Waals surface area contributed by atoms with Crippen molar-refractivity contribution >= 4 is 22.6 Å². The molecule has 1 amide bonds. The van der Waals surface area contributed by atoms with E-state index in [1.165, 1.54) is 0 Å². The molecule has 1 heterocycles. The molecule has 0 aliphatic heterocycles. The maximum atomic E-state index is 12.6. The predicted molar refractivity (Wildman–Crippen MR) is 99.5 cm³/mol. The third-order valence-electron chi connectivity index (χ3n) is 4.64. The molecule has 1 saturated carbocycles. The van der Waals surface area contributed by atoms with Gasteiger partial charge >= 0.3 is 0 Å². The van der Waals surface area contributed by atoms with E-state index in [1.54, 1.807) is 13.3 Å². The van der Waals surface area contributed by atoms with Gasteiger partial charge in [-0.05, 0) is 36.6 Å². The fourth-order valence-electron chi connectivity index (χ4n) is 3.13. The van der Waals surface area contributed by atoms with Crippen LogP contribution >= 0.6 is 0 Å². The van der Waals surface area contributed by atoms with Gasteiger partial charge in [0.1, 0.15) is 5.75 Å². The van der Waals surface area contributed by atoms with E-state index in [9.17, 15) is 9.59 Å². The van der Waals surface area contributed by atoms with Crippen molar-refractivity contribution in [1.29, 1.82) is 0 Å². The molecule has 26 heavy (non-hydrogen) atoms. The van der Waals surface area contributed by atoms with Crippen LogP contribution in [-0.2, 0) is 11.3 Å². The van der Waals surface area contributed by atoms with Gasteiger partial charge in [0.05, 0.1) is 12.7 Å². The van der Waals surface area contributed by atoms with Crippen LogP contribution < -0.4 is 10.1 Å². The first-order valence-corrected chi connectivity index (χ1v) is 8.71. The number of nitrogens with zero attached hydrogens (tertiary/aromatic N) is 1. The summed E-state index contributed by atoms with van der Waals surface area (Å²) in [5.74, 6) is -0.201. The van der Waals surface area contributed by atoms with Gasteiger partial charge in [-0.15, -0.1) is 0 Å². The quantitative estimate of drug-likeness (QED) is 0.550. The van der Waals surface area contributed by atoms with E-state index < -0.39 is 11.7 Å². The maximum Gasteiger partial charge on any atom is 0.292 e. The van der Waals surface area contributed by atoms with Gasteiger partial charge in [0.25, 0.3) is 11.7 Å². The zero-order valence-corrected chi connectivity index (χ0v) is 14.6. The van der Waals surface area contributed by atoms with Crippen LogP contribution in [0, 0.1) is 0 Å². The van der Waals surface area contributed by atoms with E-state index in [0.717, 1.165) is 35.1 Å². The molecule has 0 spiro atoms. The van der Waals surface area contributed by atoms with Crippen LogP contribution in [0.2, 0.25) is 0 Å². The smallest absolute Gasteiger partial charge is 0.292 e. The molecule has 1 aromatic heterocycles. The molecule has 0 radical (unpaired) electrons. The minimum absolute atomic E-state index is 0.164. The number of fused-ring (bicyclic) bond motifs is 1. The standard InChI is InChI=1S/C21H20N2O3/c1-26-16-6-4-5-14(11-16)12-23-13-18(17-7-2-3-8-19(17)23)20(24)21(25)22-15-9-10-15/h2-8,11,13,15H,9-10,12H2,1H3,(H,22,25). The fourth-order valence-corrected chi connectivity index (χ4v) is 3.13. The first-order valence-electron chi connectivity index (χ1n) is 8.71. The summed E-state index contributed by atoms with van der Waals surface area (Å²) in [7, 11) is 1.64. The largest absolute Gasteiger partial charge is 0.497 e. The van der Waals surface area contributed by atoms with Gasteiger partial charge in [-0.2, -0.15) is 0 Å². The van der Waals surface area contributed by atoms with Gasteiger partial charge in [0, 0.05) is 29.7 Å². The highest BCUT2D eigenvalue weighted by Crippen LogP contribution is 2.25. The summed E-state index contributed by atoms with van der Waals surface area (Å²) in [4.78, 5) is 24.8. The summed E-state index contributed by atoms with van der Waals surface area (Å²) in [6.45, 7) is 0.592. The van der Waals surface area contributed by atoms with Crippen LogP contribution in [-0.4, -0.2) is 29.4 Å². The average Bonchev–Trinajstić information content (AvgIpc) is 3.41. The number of carbonyl (C=O) groups excluding carboxylic acids is 2. The number of amides is 1. The van der Waals surface area contributed by atoms with Crippen LogP contribution in [0.4, 0.5) is 0 Å². The van der Waals surface area contributed by atoms with Crippen molar-refractivity contribution < 1.29 is 14.3 Å². The summed E-state index contributed by atoms with van der Waals surface area (Å²) in [6, 6.07) is 15.6. The van der Waals surface area contributed by atoms with Crippen LogP contribution in [0.1, 0.15) is 28.8 Å². The molecule has 132 valence electrons. The van der Waals surface area contributed by atoms with Crippen LogP contribution in [0.25, 0.3) is 10.9 Å². The van der Waals surface area contributed by atoms with E-state index in [4.69, 9.17) is 4.74 Å². The molecule has 0 unspecified atom stereocenters. The minimum Gasteiger partial charge on any atom is -0.497 e. The van der Waals surface area contributed by atoms with Crippen LogP contribution in [0.3, 0.4) is 0 Å². The van der Waals surface area contributed by atoms with Gasteiger partial charge in [0.15, 0.2) is 0 Å². The van der Waals surface area contributed by atoms with Gasteiger partial charge in [0.2, 0.25) is 0 Å². The van der Waals surface area contributed by atoms with Crippen molar-refractivity contribution in [3.05, 3.63) is 65.9 Å². The van der Waals surface area contributed by atoms with Gasteiger partial charge < -0.3 is 14.6 Å². The van der Waals surface area contributed by atoms with Gasteiger partial charge in [-0.25, -0.2) is 0 Å². The van der Waals surface area contributed by atoms with Crippen molar-refractivity contribution in [3.63, 3.8) is 0 Å². The molecule has 2 aromatic carbocycles. The molecule has 0 bridgehead atoms. The second kappa shape index (κ2) is 6.67. The van der Waals surface area contributed by atoms with E-state index in [1.807, 2.05) is 53.1 Å². The predicted octanol–water partition coefficient (Wildman–Crippen LogP) is 3.16. The molecule has 0 atom stereocenters. The minimum atomic E-state index is -0.517. The number of hydrogen-bond acceptors (Lipinski definition) is 3. The van der Waals surface area contributed by atoms with Gasteiger partial charge in [-0.3, -0.25) is 9.59 Å². The molecular weight excluding hydrogens is 328 g/mol. The molecule has 3 aromatic rings. The Morgan fingerprint density at radius 3 is 2.73 bits per heavy atom. The lowest BCUT2D eigenvalue weighted by atomic mass is 10.1. The monoisotopic (exact) mass is 348 g/mol. The molecule has 1 fully saturated rings. The second-order valence-corrected chi connectivity index (χ2v) is 6.62. The van der Waals surface area contributed by atoms with Crippen molar-refractivity contribution in [1.82, 2.24) is 9.88 Å².